The van der Waals surface area contributed by atoms with Gasteiger partial charge in [0.05, 0.1) is 21.9 Å². The van der Waals surface area contributed by atoms with Crippen molar-refractivity contribution in [3.05, 3.63) is 46.2 Å². The van der Waals surface area contributed by atoms with Gasteiger partial charge < -0.3 is 0 Å². The van der Waals surface area contributed by atoms with Crippen molar-refractivity contribution in [2.45, 2.75) is 0 Å². The Morgan fingerprint density at radius 3 is 2.80 bits per heavy atom. The van der Waals surface area contributed by atoms with Gasteiger partial charge in [-0.25, -0.2) is 4.68 Å². The fourth-order valence-electron chi connectivity index (χ4n) is 1.26. The van der Waals surface area contributed by atoms with Crippen LogP contribution in [-0.2, 0) is 0 Å². The van der Waals surface area contributed by atoms with Crippen molar-refractivity contribution in [2.24, 2.45) is 0 Å². The van der Waals surface area contributed by atoms with Gasteiger partial charge in [0.25, 0.3) is 0 Å². The number of carbonyl (C=O) groups excluding carboxylic acids is 1. The number of hydrogen-bond donors (Lipinski definition) is 0. The Kier molecular flexibility index (Phi) is 2.75. The number of carbonyl (C=O) groups is 1. The molecule has 5 heteroatoms. The standard InChI is InChI=1S/C10H6Cl2N2O/c11-8-2-1-3-9(10(8)12)14-7(6-15)4-5-13-14/h1-6H. The molecule has 0 saturated carbocycles. The summed E-state index contributed by atoms with van der Waals surface area (Å²) in [6.07, 6.45) is 2.24. The molecule has 0 aliphatic rings. The lowest BCUT2D eigenvalue weighted by Gasteiger charge is -2.06. The van der Waals surface area contributed by atoms with E-state index in [9.17, 15) is 4.79 Å². The highest BCUT2D eigenvalue weighted by molar-refractivity contribution is 6.43. The average Bonchev–Trinajstić information content (AvgIpc) is 2.70. The van der Waals surface area contributed by atoms with Crippen LogP contribution in [0.15, 0.2) is 30.5 Å². The van der Waals surface area contributed by atoms with Crippen LogP contribution < -0.4 is 0 Å². The van der Waals surface area contributed by atoms with Crippen LogP contribution in [0.1, 0.15) is 10.5 Å². The average molecular weight is 241 g/mol. The fourth-order valence-corrected chi connectivity index (χ4v) is 1.64. The van der Waals surface area contributed by atoms with Crippen LogP contribution in [0.4, 0.5) is 0 Å². The molecule has 0 bridgehead atoms. The molecule has 0 N–H and O–H groups in total. The van der Waals surface area contributed by atoms with Crippen molar-refractivity contribution in [3.63, 3.8) is 0 Å². The summed E-state index contributed by atoms with van der Waals surface area (Å²) < 4.78 is 1.45. The first-order chi connectivity index (χ1) is 7.24. The molecule has 15 heavy (non-hydrogen) atoms. The quantitative estimate of drug-likeness (QED) is 0.757. The van der Waals surface area contributed by atoms with Crippen molar-refractivity contribution in [1.82, 2.24) is 9.78 Å². The maximum absolute atomic E-state index is 10.7. The molecule has 1 aromatic carbocycles. The molecule has 0 amide bonds. The molecule has 0 unspecified atom stereocenters. The number of nitrogens with zero attached hydrogens (tertiary/aromatic N) is 2. The lowest BCUT2D eigenvalue weighted by atomic mass is 10.3. The van der Waals surface area contributed by atoms with Crippen molar-refractivity contribution >= 4 is 29.5 Å². The number of hydrogen-bond acceptors (Lipinski definition) is 2. The first-order valence-corrected chi connectivity index (χ1v) is 4.93. The summed E-state index contributed by atoms with van der Waals surface area (Å²) >= 11 is 11.9. The molecule has 1 heterocycles. The van der Waals surface area contributed by atoms with Gasteiger partial charge in [0.1, 0.15) is 5.69 Å². The summed E-state index contributed by atoms with van der Waals surface area (Å²) in [4.78, 5) is 10.7. The second kappa shape index (κ2) is 4.04. The summed E-state index contributed by atoms with van der Waals surface area (Å²) in [5.41, 5.74) is 1.02. The summed E-state index contributed by atoms with van der Waals surface area (Å²) in [6, 6.07) is 6.77. The molecule has 0 saturated heterocycles. The van der Waals surface area contributed by atoms with E-state index in [4.69, 9.17) is 23.2 Å². The molecule has 0 atom stereocenters. The molecule has 0 aliphatic heterocycles. The van der Waals surface area contributed by atoms with Crippen LogP contribution in [0.25, 0.3) is 5.69 Å². The molecular formula is C10H6Cl2N2O. The van der Waals surface area contributed by atoms with E-state index in [1.807, 2.05) is 0 Å². The summed E-state index contributed by atoms with van der Waals surface area (Å²) in [5, 5.41) is 4.81. The molecule has 3 nitrogen and oxygen atoms in total. The number of benzene rings is 1. The molecule has 1 aromatic heterocycles. The van der Waals surface area contributed by atoms with Gasteiger partial charge >= 0.3 is 0 Å². The first-order valence-electron chi connectivity index (χ1n) is 4.17. The monoisotopic (exact) mass is 240 g/mol. The molecule has 2 rings (SSSR count). The van der Waals surface area contributed by atoms with E-state index in [2.05, 4.69) is 5.10 Å². The number of halogens is 2. The summed E-state index contributed by atoms with van der Waals surface area (Å²) in [5.74, 6) is 0. The molecule has 0 radical (unpaired) electrons. The topological polar surface area (TPSA) is 34.9 Å². The van der Waals surface area contributed by atoms with E-state index in [-0.39, 0.29) is 0 Å². The van der Waals surface area contributed by atoms with Gasteiger partial charge in [0.2, 0.25) is 0 Å². The van der Waals surface area contributed by atoms with Gasteiger partial charge in [-0.3, -0.25) is 4.79 Å². The largest absolute Gasteiger partial charge is 0.296 e. The zero-order valence-electron chi connectivity index (χ0n) is 7.52. The Hall–Kier alpha value is -1.32. The van der Waals surface area contributed by atoms with Crippen LogP contribution in [0.2, 0.25) is 10.0 Å². The van der Waals surface area contributed by atoms with Crippen molar-refractivity contribution in [3.8, 4) is 5.69 Å². The van der Waals surface area contributed by atoms with Crippen molar-refractivity contribution in [2.75, 3.05) is 0 Å². The third kappa shape index (κ3) is 1.76. The van der Waals surface area contributed by atoms with E-state index < -0.39 is 0 Å². The number of aromatic nitrogens is 2. The van der Waals surface area contributed by atoms with Gasteiger partial charge in [-0.05, 0) is 18.2 Å². The minimum Gasteiger partial charge on any atom is -0.296 e. The third-order valence-electron chi connectivity index (χ3n) is 1.95. The van der Waals surface area contributed by atoms with Crippen molar-refractivity contribution < 1.29 is 4.79 Å². The Morgan fingerprint density at radius 1 is 1.27 bits per heavy atom. The van der Waals surface area contributed by atoms with E-state index >= 15 is 0 Å². The first kappa shape index (κ1) is 10.2. The van der Waals surface area contributed by atoms with Gasteiger partial charge in [-0.15, -0.1) is 0 Å². The Bertz CT molecular complexity index is 508. The van der Waals surface area contributed by atoms with Crippen LogP contribution in [-0.4, -0.2) is 16.1 Å². The van der Waals surface area contributed by atoms with Gasteiger partial charge in [0, 0.05) is 0 Å². The normalized spacial score (nSPS) is 10.3. The van der Waals surface area contributed by atoms with Gasteiger partial charge in [-0.2, -0.15) is 5.10 Å². The predicted octanol–water partition coefficient (Wildman–Crippen LogP) is 2.99. The number of rotatable bonds is 2. The summed E-state index contributed by atoms with van der Waals surface area (Å²) in [7, 11) is 0. The van der Waals surface area contributed by atoms with Gasteiger partial charge in [-0.1, -0.05) is 29.3 Å². The molecular weight excluding hydrogens is 235 g/mol. The maximum Gasteiger partial charge on any atom is 0.168 e. The zero-order chi connectivity index (χ0) is 10.8. The van der Waals surface area contributed by atoms with Crippen LogP contribution in [0, 0.1) is 0 Å². The SMILES string of the molecule is O=Cc1ccnn1-c1cccc(Cl)c1Cl. The van der Waals surface area contributed by atoms with Crippen molar-refractivity contribution in [1.29, 1.82) is 0 Å². The molecule has 0 aliphatic carbocycles. The molecule has 2 aromatic rings. The lowest BCUT2D eigenvalue weighted by Crippen LogP contribution is -2.01. The fraction of sp³-hybridized carbons (Fsp3) is 0. The number of aldehydes is 1. The minimum atomic E-state index is 0.381. The van der Waals surface area contributed by atoms with E-state index in [1.54, 1.807) is 24.3 Å². The highest BCUT2D eigenvalue weighted by Gasteiger charge is 2.09. The van der Waals surface area contributed by atoms with Crippen LogP contribution in [0.5, 0.6) is 0 Å². The second-order valence-corrected chi connectivity index (χ2v) is 3.64. The molecule has 0 spiro atoms. The smallest absolute Gasteiger partial charge is 0.168 e. The Balaban J connectivity index is 2.64. The molecule has 76 valence electrons. The summed E-state index contributed by atoms with van der Waals surface area (Å²) in [6.45, 7) is 0. The molecule has 0 fully saturated rings. The van der Waals surface area contributed by atoms with E-state index in [0.29, 0.717) is 27.7 Å². The van der Waals surface area contributed by atoms with Gasteiger partial charge in [0.15, 0.2) is 6.29 Å². The highest BCUT2D eigenvalue weighted by Crippen LogP contribution is 2.28. The van der Waals surface area contributed by atoms with E-state index in [1.165, 1.54) is 10.9 Å². The lowest BCUT2D eigenvalue weighted by molar-refractivity contribution is 0.111. The zero-order valence-corrected chi connectivity index (χ0v) is 9.03. The van der Waals surface area contributed by atoms with E-state index in [0.717, 1.165) is 0 Å². The Labute approximate surface area is 96.2 Å². The maximum atomic E-state index is 10.7. The third-order valence-corrected chi connectivity index (χ3v) is 2.76. The van der Waals surface area contributed by atoms with Crippen LogP contribution >= 0.6 is 23.2 Å². The highest BCUT2D eigenvalue weighted by atomic mass is 35.5. The predicted molar refractivity (Wildman–Crippen MR) is 59.0 cm³/mol. The second-order valence-electron chi connectivity index (χ2n) is 2.86. The minimum absolute atomic E-state index is 0.381. The van der Waals surface area contributed by atoms with Crippen LogP contribution in [0.3, 0.4) is 0 Å². The Morgan fingerprint density at radius 2 is 2.07 bits per heavy atom.